The summed E-state index contributed by atoms with van der Waals surface area (Å²) in [7, 11) is -3.53. The summed E-state index contributed by atoms with van der Waals surface area (Å²) < 4.78 is 31.3. The summed E-state index contributed by atoms with van der Waals surface area (Å²) in [5.41, 5.74) is 0.858. The first-order chi connectivity index (χ1) is 15.3. The molecule has 1 N–H and O–H groups in total. The number of nitrogens with zero attached hydrogens (tertiary/aromatic N) is 2. The second-order valence-corrected chi connectivity index (χ2v) is 8.91. The number of non-ortho nitro benzene ring substituents is 1. The van der Waals surface area contributed by atoms with Gasteiger partial charge in [0.15, 0.2) is 6.61 Å². The van der Waals surface area contributed by atoms with Gasteiger partial charge in [-0.25, -0.2) is 13.2 Å². The molecule has 0 unspecified atom stereocenters. The highest BCUT2D eigenvalue weighted by atomic mass is 32.2. The zero-order valence-corrected chi connectivity index (χ0v) is 17.8. The minimum Gasteiger partial charge on any atom is -0.452 e. The van der Waals surface area contributed by atoms with E-state index in [4.69, 9.17) is 4.74 Å². The fraction of sp³-hybridized carbons (Fsp3) is 0.238. The number of amides is 1. The Labute approximate surface area is 184 Å². The van der Waals surface area contributed by atoms with Crippen LogP contribution >= 0.6 is 0 Å². The predicted octanol–water partition coefficient (Wildman–Crippen LogP) is 2.57. The molecule has 11 heteroatoms. The molecule has 0 bridgehead atoms. The molecule has 0 aliphatic carbocycles. The molecule has 0 saturated carbocycles. The number of sulfonamides is 1. The van der Waals surface area contributed by atoms with E-state index >= 15 is 0 Å². The molecular formula is C21H21N3O7S. The van der Waals surface area contributed by atoms with E-state index in [0.717, 1.165) is 18.9 Å². The number of nitrogens with one attached hydrogen (secondary N) is 1. The van der Waals surface area contributed by atoms with Crippen LogP contribution in [0, 0.1) is 10.1 Å². The van der Waals surface area contributed by atoms with Crippen LogP contribution in [0.15, 0.2) is 59.5 Å². The van der Waals surface area contributed by atoms with Gasteiger partial charge in [0.25, 0.3) is 11.6 Å². The van der Waals surface area contributed by atoms with Gasteiger partial charge in [0, 0.05) is 37.0 Å². The van der Waals surface area contributed by atoms with Crippen LogP contribution in [-0.2, 0) is 24.3 Å². The molecular weight excluding hydrogens is 438 g/mol. The molecule has 1 amide bonds. The lowest BCUT2D eigenvalue weighted by molar-refractivity contribution is -0.384. The van der Waals surface area contributed by atoms with Gasteiger partial charge in [0.05, 0.1) is 9.82 Å². The van der Waals surface area contributed by atoms with E-state index in [9.17, 15) is 28.1 Å². The number of carbonyl (C=O) groups excluding carboxylic acids is 2. The second kappa shape index (κ2) is 10.2. The van der Waals surface area contributed by atoms with Gasteiger partial charge >= 0.3 is 5.97 Å². The topological polar surface area (TPSA) is 136 Å². The molecule has 2 aromatic rings. The molecule has 10 nitrogen and oxygen atoms in total. The molecule has 1 saturated heterocycles. The molecule has 0 aromatic heterocycles. The van der Waals surface area contributed by atoms with E-state index in [2.05, 4.69) is 5.32 Å². The maximum Gasteiger partial charge on any atom is 0.331 e. The van der Waals surface area contributed by atoms with Gasteiger partial charge in [-0.05, 0) is 60.9 Å². The standard InChI is InChI=1S/C21H21N3O7S/c25-20(15-31-21(26)12-5-16-3-8-18(9-4-16)24(27)28)22-17-6-10-19(11-7-17)32(29,30)23-13-1-2-14-23/h3-12H,1-2,13-15H2,(H,22,25). The Morgan fingerprint density at radius 1 is 1.06 bits per heavy atom. The van der Waals surface area contributed by atoms with Gasteiger partial charge in [-0.2, -0.15) is 4.31 Å². The SMILES string of the molecule is O=C(COC(=O)C=Cc1ccc([N+](=O)[O-])cc1)Nc1ccc(S(=O)(=O)N2CCCC2)cc1. The molecule has 32 heavy (non-hydrogen) atoms. The van der Waals surface area contributed by atoms with Gasteiger partial charge in [-0.1, -0.05) is 0 Å². The summed E-state index contributed by atoms with van der Waals surface area (Å²) in [5.74, 6) is -1.34. The summed E-state index contributed by atoms with van der Waals surface area (Å²) in [4.78, 5) is 34.0. The van der Waals surface area contributed by atoms with Gasteiger partial charge in [-0.3, -0.25) is 14.9 Å². The number of rotatable bonds is 8. The van der Waals surface area contributed by atoms with Crippen LogP contribution in [0.1, 0.15) is 18.4 Å². The van der Waals surface area contributed by atoms with Crippen LogP contribution in [0.3, 0.4) is 0 Å². The Morgan fingerprint density at radius 2 is 1.69 bits per heavy atom. The van der Waals surface area contributed by atoms with E-state index in [0.29, 0.717) is 24.3 Å². The van der Waals surface area contributed by atoms with Crippen molar-refractivity contribution in [2.75, 3.05) is 25.0 Å². The van der Waals surface area contributed by atoms with Crippen molar-refractivity contribution in [3.05, 3.63) is 70.3 Å². The van der Waals surface area contributed by atoms with Crippen molar-refractivity contribution in [3.63, 3.8) is 0 Å². The molecule has 1 aliphatic heterocycles. The zero-order chi connectivity index (χ0) is 23.1. The quantitative estimate of drug-likeness (QED) is 0.277. The molecule has 1 fully saturated rings. The number of hydrogen-bond donors (Lipinski definition) is 1. The summed E-state index contributed by atoms with van der Waals surface area (Å²) in [5, 5.41) is 13.1. The van der Waals surface area contributed by atoms with Gasteiger partial charge in [-0.15, -0.1) is 0 Å². The molecule has 168 valence electrons. The molecule has 1 heterocycles. The van der Waals surface area contributed by atoms with Crippen LogP contribution in [0.5, 0.6) is 0 Å². The minimum absolute atomic E-state index is 0.0666. The number of carbonyl (C=O) groups is 2. The van der Waals surface area contributed by atoms with Crippen molar-refractivity contribution in [2.24, 2.45) is 0 Å². The van der Waals surface area contributed by atoms with E-state index < -0.39 is 33.4 Å². The minimum atomic E-state index is -3.53. The van der Waals surface area contributed by atoms with Crippen LogP contribution in [0.25, 0.3) is 6.08 Å². The third-order valence-corrected chi connectivity index (χ3v) is 6.62. The first-order valence-electron chi connectivity index (χ1n) is 9.75. The number of ether oxygens (including phenoxy) is 1. The van der Waals surface area contributed by atoms with Crippen molar-refractivity contribution in [1.29, 1.82) is 0 Å². The number of nitro benzene ring substituents is 1. The number of hydrogen-bond acceptors (Lipinski definition) is 7. The highest BCUT2D eigenvalue weighted by Crippen LogP contribution is 2.22. The third-order valence-electron chi connectivity index (χ3n) is 4.70. The Balaban J connectivity index is 1.48. The van der Waals surface area contributed by atoms with Crippen molar-refractivity contribution < 1.29 is 27.7 Å². The summed E-state index contributed by atoms with van der Waals surface area (Å²) in [6.45, 7) is 0.479. The maximum atomic E-state index is 12.5. The Hall–Kier alpha value is -3.57. The average molecular weight is 459 g/mol. The van der Waals surface area contributed by atoms with Crippen molar-refractivity contribution in [3.8, 4) is 0 Å². The molecule has 0 atom stereocenters. The third kappa shape index (κ3) is 5.99. The molecule has 3 rings (SSSR count). The monoisotopic (exact) mass is 459 g/mol. The zero-order valence-electron chi connectivity index (χ0n) is 17.0. The highest BCUT2D eigenvalue weighted by Gasteiger charge is 2.26. The lowest BCUT2D eigenvalue weighted by Gasteiger charge is -2.15. The fourth-order valence-electron chi connectivity index (χ4n) is 3.04. The van der Waals surface area contributed by atoms with Crippen molar-refractivity contribution in [2.45, 2.75) is 17.7 Å². The number of benzene rings is 2. The maximum absolute atomic E-state index is 12.5. The predicted molar refractivity (Wildman–Crippen MR) is 116 cm³/mol. The van der Waals surface area contributed by atoms with E-state index in [-0.39, 0.29) is 10.6 Å². The van der Waals surface area contributed by atoms with Gasteiger partial charge in [0.2, 0.25) is 10.0 Å². The average Bonchev–Trinajstić information content (AvgIpc) is 3.33. The largest absolute Gasteiger partial charge is 0.452 e. The van der Waals surface area contributed by atoms with Gasteiger partial charge in [0.1, 0.15) is 0 Å². The molecule has 0 radical (unpaired) electrons. The molecule has 2 aromatic carbocycles. The normalized spacial score (nSPS) is 14.4. The second-order valence-electron chi connectivity index (χ2n) is 6.97. The first kappa shape index (κ1) is 23.1. The summed E-state index contributed by atoms with van der Waals surface area (Å²) >= 11 is 0. The number of anilines is 1. The van der Waals surface area contributed by atoms with Crippen molar-refractivity contribution >= 4 is 39.4 Å². The smallest absolute Gasteiger partial charge is 0.331 e. The summed E-state index contributed by atoms with van der Waals surface area (Å²) in [6.07, 6.45) is 4.19. The first-order valence-corrected chi connectivity index (χ1v) is 11.2. The number of esters is 1. The fourth-order valence-corrected chi connectivity index (χ4v) is 4.56. The van der Waals surface area contributed by atoms with Crippen LogP contribution in [0.4, 0.5) is 11.4 Å². The number of nitro groups is 1. The van der Waals surface area contributed by atoms with E-state index in [1.165, 1.54) is 58.9 Å². The van der Waals surface area contributed by atoms with Crippen LogP contribution < -0.4 is 5.32 Å². The highest BCUT2D eigenvalue weighted by molar-refractivity contribution is 7.89. The Bertz CT molecular complexity index is 1120. The van der Waals surface area contributed by atoms with Crippen molar-refractivity contribution in [1.82, 2.24) is 4.31 Å². The Kier molecular flexibility index (Phi) is 7.33. The molecule has 1 aliphatic rings. The van der Waals surface area contributed by atoms with Crippen LogP contribution in [0.2, 0.25) is 0 Å². The van der Waals surface area contributed by atoms with Gasteiger partial charge < -0.3 is 10.1 Å². The Morgan fingerprint density at radius 3 is 2.28 bits per heavy atom. The van der Waals surface area contributed by atoms with E-state index in [1.807, 2.05) is 0 Å². The summed E-state index contributed by atoms with van der Waals surface area (Å²) in [6, 6.07) is 11.3. The van der Waals surface area contributed by atoms with Crippen LogP contribution in [-0.4, -0.2) is 49.2 Å². The van der Waals surface area contributed by atoms with E-state index in [1.54, 1.807) is 0 Å². The lowest BCUT2D eigenvalue weighted by atomic mass is 10.2. The lowest BCUT2D eigenvalue weighted by Crippen LogP contribution is -2.27. The molecule has 0 spiro atoms.